The lowest BCUT2D eigenvalue weighted by Gasteiger charge is -2.04. The van der Waals surface area contributed by atoms with E-state index in [9.17, 15) is 14.0 Å². The minimum atomic E-state index is -0.338. The monoisotopic (exact) mass is 932 g/mol. The number of carbonyl (C=O) groups is 2. The summed E-state index contributed by atoms with van der Waals surface area (Å²) < 4.78 is 12.8. The molecular weight excluding hydrogens is 880 g/mol. The van der Waals surface area contributed by atoms with Gasteiger partial charge in [0.1, 0.15) is 5.82 Å². The van der Waals surface area contributed by atoms with Crippen LogP contribution in [0.2, 0.25) is 0 Å². The van der Waals surface area contributed by atoms with E-state index in [1.807, 2.05) is 92.3 Å². The summed E-state index contributed by atoms with van der Waals surface area (Å²) in [7, 11) is 0. The van der Waals surface area contributed by atoms with Crippen molar-refractivity contribution >= 4 is 80.7 Å². The smallest absolute Gasteiger partial charge is 0.193 e. The molecule has 11 rings (SSSR count). The van der Waals surface area contributed by atoms with Gasteiger partial charge in [0.15, 0.2) is 11.6 Å². The summed E-state index contributed by atoms with van der Waals surface area (Å²) in [4.78, 5) is 46.3. The van der Waals surface area contributed by atoms with Crippen molar-refractivity contribution in [3.63, 3.8) is 0 Å². The van der Waals surface area contributed by atoms with Gasteiger partial charge in [-0.15, -0.1) is 11.8 Å². The summed E-state index contributed by atoms with van der Waals surface area (Å²) in [6, 6.07) is 49.9. The average molecular weight is 933 g/mol. The van der Waals surface area contributed by atoms with Gasteiger partial charge in [-0.3, -0.25) is 29.6 Å². The van der Waals surface area contributed by atoms with E-state index >= 15 is 0 Å². The largest absolute Gasteiger partial charge is 0.289 e. The molecule has 0 spiro atoms. The van der Waals surface area contributed by atoms with Crippen molar-refractivity contribution < 1.29 is 14.0 Å². The SMILES string of the molecule is CC1=Nc2ccc(C(=O)c3ccc(F)cc3)cc2C1.CC1=Nc2ccc(C(=O)c3ccccc3)cc2C1.CC1=Nc2ccc(Sc3ccccc3)cc2C1.CCCSc1ccc2c(c1)CC(C)=N2. The summed E-state index contributed by atoms with van der Waals surface area (Å²) in [5, 5.41) is 0. The van der Waals surface area contributed by atoms with E-state index in [1.165, 1.54) is 79.4 Å². The third-order valence-corrected chi connectivity index (χ3v) is 13.6. The zero-order valence-electron chi connectivity index (χ0n) is 39.1. The van der Waals surface area contributed by atoms with Crippen molar-refractivity contribution in [1.29, 1.82) is 0 Å². The number of hydrogen-bond donors (Lipinski definition) is 0. The second kappa shape index (κ2) is 22.3. The molecule has 0 atom stereocenters. The maximum absolute atomic E-state index is 12.8. The Labute approximate surface area is 407 Å². The molecule has 0 saturated heterocycles. The Balaban J connectivity index is 0.000000123. The Morgan fingerprint density at radius 3 is 1.29 bits per heavy atom. The number of aliphatic imine (C=N–C) groups is 4. The predicted molar refractivity (Wildman–Crippen MR) is 283 cm³/mol. The number of rotatable bonds is 9. The molecule has 4 heterocycles. The molecule has 0 N–H and O–H groups in total. The fourth-order valence-electron chi connectivity index (χ4n) is 8.18. The fraction of sp³-hybridized carbons (Fsp3) is 0.186. The number of carbonyl (C=O) groups excluding carboxylic acids is 2. The first-order valence-corrected chi connectivity index (χ1v) is 24.7. The van der Waals surface area contributed by atoms with Crippen molar-refractivity contribution in [3.8, 4) is 0 Å². The Kier molecular flexibility index (Phi) is 15.7. The van der Waals surface area contributed by atoms with Gasteiger partial charge >= 0.3 is 0 Å². The Morgan fingerprint density at radius 1 is 0.441 bits per heavy atom. The van der Waals surface area contributed by atoms with Gasteiger partial charge < -0.3 is 0 Å². The lowest BCUT2D eigenvalue weighted by atomic mass is 9.99. The van der Waals surface area contributed by atoms with Gasteiger partial charge in [0, 0.05) is 85.5 Å². The van der Waals surface area contributed by atoms with Crippen molar-refractivity contribution in [1.82, 2.24) is 0 Å². The number of halogens is 1. The lowest BCUT2D eigenvalue weighted by Crippen LogP contribution is -2.02. The molecule has 6 nitrogen and oxygen atoms in total. The Hall–Kier alpha value is -6.81. The number of thioether (sulfide) groups is 1. The van der Waals surface area contributed by atoms with Crippen LogP contribution in [0.5, 0.6) is 0 Å². The molecule has 0 saturated carbocycles. The third kappa shape index (κ3) is 12.4. The van der Waals surface area contributed by atoms with Gasteiger partial charge in [-0.1, -0.05) is 67.2 Å². The zero-order valence-corrected chi connectivity index (χ0v) is 40.7. The molecule has 0 bridgehead atoms. The summed E-state index contributed by atoms with van der Waals surface area (Å²) in [6.07, 6.45) is 4.91. The van der Waals surface area contributed by atoms with E-state index in [2.05, 4.69) is 101 Å². The second-order valence-corrected chi connectivity index (χ2v) is 19.5. The fourth-order valence-corrected chi connectivity index (χ4v) is 9.92. The molecule has 7 aromatic rings. The van der Waals surface area contributed by atoms with Crippen LogP contribution in [0.1, 0.15) is 95.1 Å². The minimum absolute atomic E-state index is 0.0722. The van der Waals surface area contributed by atoms with Gasteiger partial charge in [-0.25, -0.2) is 4.39 Å². The first-order valence-electron chi connectivity index (χ1n) is 22.9. The summed E-state index contributed by atoms with van der Waals surface area (Å²) >= 11 is 3.74. The molecule has 0 unspecified atom stereocenters. The quantitative estimate of drug-likeness (QED) is 0.107. The van der Waals surface area contributed by atoms with Gasteiger partial charge in [-0.2, -0.15) is 0 Å². The van der Waals surface area contributed by atoms with Crippen LogP contribution in [0, 0.1) is 5.82 Å². The number of hydrogen-bond acceptors (Lipinski definition) is 8. The highest BCUT2D eigenvalue weighted by atomic mass is 32.2. The summed E-state index contributed by atoms with van der Waals surface area (Å²) in [5.41, 5.74) is 16.4. The van der Waals surface area contributed by atoms with Crippen molar-refractivity contribution in [2.24, 2.45) is 20.0 Å². The number of nitrogens with zero attached hydrogens (tertiary/aromatic N) is 4. The highest BCUT2D eigenvalue weighted by Gasteiger charge is 2.18. The van der Waals surface area contributed by atoms with E-state index < -0.39 is 0 Å². The molecule has 4 aliphatic heterocycles. The van der Waals surface area contributed by atoms with Crippen LogP contribution in [0.4, 0.5) is 27.1 Å². The van der Waals surface area contributed by atoms with Crippen molar-refractivity contribution in [2.45, 2.75) is 81.4 Å². The maximum Gasteiger partial charge on any atom is 0.193 e. The maximum atomic E-state index is 12.8. The van der Waals surface area contributed by atoms with Crippen LogP contribution in [0.15, 0.2) is 192 Å². The molecule has 9 heteroatoms. The van der Waals surface area contributed by atoms with Crippen LogP contribution in [-0.4, -0.2) is 40.2 Å². The number of fused-ring (bicyclic) bond motifs is 4. The van der Waals surface area contributed by atoms with E-state index in [0.717, 1.165) is 76.4 Å². The minimum Gasteiger partial charge on any atom is -0.289 e. The topological polar surface area (TPSA) is 83.6 Å². The highest BCUT2D eigenvalue weighted by Crippen LogP contribution is 2.35. The molecule has 0 aliphatic carbocycles. The predicted octanol–water partition coefficient (Wildman–Crippen LogP) is 15.6. The molecular formula is C59H53FN4O2S2. The molecule has 0 amide bonds. The third-order valence-electron chi connectivity index (χ3n) is 11.4. The number of benzene rings is 7. The number of ketones is 2. The molecule has 340 valence electrons. The summed E-state index contributed by atoms with van der Waals surface area (Å²) in [5.74, 6) is 0.850. The average Bonchev–Trinajstić information content (AvgIpc) is 4.13. The van der Waals surface area contributed by atoms with E-state index in [4.69, 9.17) is 0 Å². The molecule has 0 radical (unpaired) electrons. The van der Waals surface area contributed by atoms with Crippen LogP contribution in [-0.2, 0) is 25.7 Å². The van der Waals surface area contributed by atoms with Crippen molar-refractivity contribution in [2.75, 3.05) is 5.75 Å². The second-order valence-electron chi connectivity index (χ2n) is 17.2. The van der Waals surface area contributed by atoms with Gasteiger partial charge in [-0.05, 0) is 171 Å². The molecule has 7 aromatic carbocycles. The Bertz CT molecular complexity index is 3110. The molecule has 4 aliphatic rings. The van der Waals surface area contributed by atoms with Gasteiger partial charge in [0.25, 0.3) is 0 Å². The first-order chi connectivity index (χ1) is 33.0. The highest BCUT2D eigenvalue weighted by molar-refractivity contribution is 7.99. The first kappa shape index (κ1) is 47.7. The normalized spacial score (nSPS) is 13.3. The lowest BCUT2D eigenvalue weighted by molar-refractivity contribution is 0.103. The molecule has 68 heavy (non-hydrogen) atoms. The molecule has 0 aromatic heterocycles. The van der Waals surface area contributed by atoms with E-state index in [0.29, 0.717) is 11.1 Å². The van der Waals surface area contributed by atoms with Crippen LogP contribution < -0.4 is 0 Å². The van der Waals surface area contributed by atoms with Crippen LogP contribution >= 0.6 is 23.5 Å². The standard InChI is InChI=1S/C16H12FNO.C16H13NO.C15H13NS.C12H15NS/c1-10-8-13-9-12(4-7-15(13)18-10)16(19)11-2-5-14(17)6-3-11;1-11-9-14-10-13(7-8-15(14)17-11)16(18)12-5-3-2-4-6-12;1-11-9-12-10-14(7-8-15(12)16-11)17-13-5-3-2-4-6-13;1-3-6-14-11-4-5-12-10(8-11)7-9(2)13-12/h2-7,9H,8H2,1H3;2-8,10H,9H2,1H3;2-8,10H,9H2,1H3;4-5,8H,3,6-7H2,1-2H3. The van der Waals surface area contributed by atoms with Gasteiger partial charge in [0.05, 0.1) is 22.7 Å². The van der Waals surface area contributed by atoms with Gasteiger partial charge in [0.2, 0.25) is 0 Å². The van der Waals surface area contributed by atoms with Crippen molar-refractivity contribution in [3.05, 3.63) is 208 Å². The van der Waals surface area contributed by atoms with E-state index in [1.54, 1.807) is 17.8 Å². The van der Waals surface area contributed by atoms with Crippen LogP contribution in [0.25, 0.3) is 0 Å². The van der Waals surface area contributed by atoms with E-state index in [-0.39, 0.29) is 17.4 Å². The summed E-state index contributed by atoms with van der Waals surface area (Å²) in [6.45, 7) is 10.4. The molecule has 0 fully saturated rings. The Morgan fingerprint density at radius 2 is 0.824 bits per heavy atom. The zero-order chi connectivity index (χ0) is 47.6. The van der Waals surface area contributed by atoms with Crippen LogP contribution in [0.3, 0.4) is 0 Å².